The zero-order valence-electron chi connectivity index (χ0n) is 9.38. The Hall–Kier alpha value is -0.560. The van der Waals surface area contributed by atoms with Crippen molar-refractivity contribution >= 4 is 0 Å². The van der Waals surface area contributed by atoms with E-state index in [2.05, 4.69) is 27.4 Å². The molecule has 2 rings (SSSR count). The molecule has 1 N–H and O–H groups in total. The maximum absolute atomic E-state index is 10.0. The standard InChI is InChI=1S/C13H20O/c1-5-6-10(14)11-8(2)7-9-12(11)13(9,3)4/h5,9-10,12,14H,1,6-7H2,2-4H3. The zero-order valence-corrected chi connectivity index (χ0v) is 9.38. The molecule has 0 bridgehead atoms. The van der Waals surface area contributed by atoms with Crippen LogP contribution in [0.3, 0.4) is 0 Å². The van der Waals surface area contributed by atoms with Gasteiger partial charge in [-0.15, -0.1) is 6.58 Å². The summed E-state index contributed by atoms with van der Waals surface area (Å²) < 4.78 is 0. The van der Waals surface area contributed by atoms with Crippen molar-refractivity contribution in [3.8, 4) is 0 Å². The van der Waals surface area contributed by atoms with Crippen LogP contribution in [0.4, 0.5) is 0 Å². The highest BCUT2D eigenvalue weighted by Gasteiger charge is 2.62. The first-order valence-corrected chi connectivity index (χ1v) is 5.48. The van der Waals surface area contributed by atoms with Gasteiger partial charge in [0.05, 0.1) is 6.10 Å². The van der Waals surface area contributed by atoms with Crippen molar-refractivity contribution in [2.45, 2.75) is 39.7 Å². The van der Waals surface area contributed by atoms with Gasteiger partial charge in [-0.3, -0.25) is 0 Å². The molecule has 3 atom stereocenters. The lowest BCUT2D eigenvalue weighted by Gasteiger charge is -2.17. The van der Waals surface area contributed by atoms with Crippen LogP contribution >= 0.6 is 0 Å². The molecule has 0 aliphatic heterocycles. The van der Waals surface area contributed by atoms with Crippen LogP contribution in [-0.4, -0.2) is 11.2 Å². The van der Waals surface area contributed by atoms with E-state index in [0.717, 1.165) is 5.92 Å². The van der Waals surface area contributed by atoms with Crippen molar-refractivity contribution in [3.63, 3.8) is 0 Å². The Kier molecular flexibility index (Phi) is 2.11. The summed E-state index contributed by atoms with van der Waals surface area (Å²) >= 11 is 0. The van der Waals surface area contributed by atoms with Gasteiger partial charge in [0.25, 0.3) is 0 Å². The minimum atomic E-state index is -0.274. The maximum Gasteiger partial charge on any atom is 0.0789 e. The molecule has 14 heavy (non-hydrogen) atoms. The van der Waals surface area contributed by atoms with Gasteiger partial charge in [0, 0.05) is 0 Å². The van der Waals surface area contributed by atoms with Gasteiger partial charge >= 0.3 is 0 Å². The quantitative estimate of drug-likeness (QED) is 0.682. The smallest absolute Gasteiger partial charge is 0.0789 e. The molecule has 0 saturated heterocycles. The predicted octanol–water partition coefficient (Wildman–Crippen LogP) is 2.92. The molecule has 1 heteroatoms. The van der Waals surface area contributed by atoms with Crippen molar-refractivity contribution in [2.24, 2.45) is 17.3 Å². The lowest BCUT2D eigenvalue weighted by molar-refractivity contribution is 0.204. The number of fused-ring (bicyclic) bond motifs is 1. The number of hydrogen-bond donors (Lipinski definition) is 1. The molecule has 0 spiro atoms. The van der Waals surface area contributed by atoms with E-state index in [0.29, 0.717) is 17.8 Å². The van der Waals surface area contributed by atoms with Crippen molar-refractivity contribution < 1.29 is 5.11 Å². The summed E-state index contributed by atoms with van der Waals surface area (Å²) in [7, 11) is 0. The van der Waals surface area contributed by atoms with Crippen molar-refractivity contribution in [3.05, 3.63) is 23.8 Å². The Bertz CT molecular complexity index is 298. The molecule has 78 valence electrons. The molecular weight excluding hydrogens is 172 g/mol. The SMILES string of the molecule is C=CCC(O)C1=C(C)CC2C1C2(C)C. The summed E-state index contributed by atoms with van der Waals surface area (Å²) in [6.45, 7) is 10.5. The third kappa shape index (κ3) is 1.18. The van der Waals surface area contributed by atoms with Crippen LogP contribution < -0.4 is 0 Å². The van der Waals surface area contributed by atoms with Gasteiger partial charge in [-0.05, 0) is 42.6 Å². The van der Waals surface area contributed by atoms with Crippen LogP contribution in [0.15, 0.2) is 23.8 Å². The number of allylic oxidation sites excluding steroid dienone is 1. The van der Waals surface area contributed by atoms with Crippen LogP contribution in [-0.2, 0) is 0 Å². The molecular formula is C13H20O. The Morgan fingerprint density at radius 1 is 1.64 bits per heavy atom. The van der Waals surface area contributed by atoms with Crippen LogP contribution in [0.1, 0.15) is 33.6 Å². The molecule has 1 fully saturated rings. The molecule has 0 amide bonds. The molecule has 1 nitrogen and oxygen atoms in total. The van der Waals surface area contributed by atoms with Gasteiger partial charge in [0.1, 0.15) is 0 Å². The Labute approximate surface area is 86.5 Å². The van der Waals surface area contributed by atoms with E-state index >= 15 is 0 Å². The van der Waals surface area contributed by atoms with Gasteiger partial charge in [-0.25, -0.2) is 0 Å². The monoisotopic (exact) mass is 192 g/mol. The highest BCUT2D eigenvalue weighted by molar-refractivity contribution is 5.38. The first kappa shape index (κ1) is 9.97. The third-order valence-corrected chi connectivity index (χ3v) is 4.15. The summed E-state index contributed by atoms with van der Waals surface area (Å²) in [5.74, 6) is 1.45. The van der Waals surface area contributed by atoms with Gasteiger partial charge in [-0.1, -0.05) is 25.5 Å². The first-order valence-electron chi connectivity index (χ1n) is 5.48. The summed E-state index contributed by atoms with van der Waals surface area (Å²) in [5, 5.41) is 10.0. The average molecular weight is 192 g/mol. The second-order valence-corrected chi connectivity index (χ2v) is 5.39. The Balaban J connectivity index is 2.18. The molecule has 0 heterocycles. The van der Waals surface area contributed by atoms with E-state index in [1.165, 1.54) is 17.6 Å². The fraction of sp³-hybridized carbons (Fsp3) is 0.692. The molecule has 0 aromatic heterocycles. The summed E-state index contributed by atoms with van der Waals surface area (Å²) in [6, 6.07) is 0. The number of aliphatic hydroxyl groups is 1. The van der Waals surface area contributed by atoms with Crippen molar-refractivity contribution in [2.75, 3.05) is 0 Å². The minimum absolute atomic E-state index is 0.274. The second kappa shape index (κ2) is 2.96. The van der Waals surface area contributed by atoms with Gasteiger partial charge in [0.15, 0.2) is 0 Å². The third-order valence-electron chi connectivity index (χ3n) is 4.15. The molecule has 0 aromatic carbocycles. The summed E-state index contributed by atoms with van der Waals surface area (Å²) in [5.41, 5.74) is 3.19. The number of hydrogen-bond acceptors (Lipinski definition) is 1. The molecule has 2 aliphatic rings. The molecule has 0 aromatic rings. The normalized spacial score (nSPS) is 35.4. The fourth-order valence-corrected chi connectivity index (χ4v) is 3.23. The average Bonchev–Trinajstić information content (AvgIpc) is 2.48. The lowest BCUT2D eigenvalue weighted by atomic mass is 9.91. The highest BCUT2D eigenvalue weighted by atomic mass is 16.3. The van der Waals surface area contributed by atoms with E-state index in [1.54, 1.807) is 0 Å². The molecule has 2 aliphatic carbocycles. The van der Waals surface area contributed by atoms with Gasteiger partial charge in [0.2, 0.25) is 0 Å². The first-order chi connectivity index (χ1) is 6.50. The van der Waals surface area contributed by atoms with Crippen LogP contribution in [0.25, 0.3) is 0 Å². The highest BCUT2D eigenvalue weighted by Crippen LogP contribution is 2.69. The molecule has 0 radical (unpaired) electrons. The van der Waals surface area contributed by atoms with E-state index in [4.69, 9.17) is 0 Å². The number of aliphatic hydroxyl groups excluding tert-OH is 1. The van der Waals surface area contributed by atoms with Gasteiger partial charge in [-0.2, -0.15) is 0 Å². The zero-order chi connectivity index (χ0) is 10.5. The topological polar surface area (TPSA) is 20.2 Å². The van der Waals surface area contributed by atoms with E-state index in [1.807, 2.05) is 6.08 Å². The predicted molar refractivity (Wildman–Crippen MR) is 58.9 cm³/mol. The lowest BCUT2D eigenvalue weighted by Crippen LogP contribution is -2.14. The molecule has 3 unspecified atom stereocenters. The Morgan fingerprint density at radius 3 is 2.79 bits per heavy atom. The van der Waals surface area contributed by atoms with E-state index in [9.17, 15) is 5.11 Å². The van der Waals surface area contributed by atoms with E-state index in [-0.39, 0.29) is 6.10 Å². The summed E-state index contributed by atoms with van der Waals surface area (Å²) in [4.78, 5) is 0. The fourth-order valence-electron chi connectivity index (χ4n) is 3.23. The largest absolute Gasteiger partial charge is 0.388 e. The van der Waals surface area contributed by atoms with Crippen LogP contribution in [0.2, 0.25) is 0 Å². The van der Waals surface area contributed by atoms with E-state index < -0.39 is 0 Å². The second-order valence-electron chi connectivity index (χ2n) is 5.39. The minimum Gasteiger partial charge on any atom is -0.388 e. The van der Waals surface area contributed by atoms with Crippen LogP contribution in [0.5, 0.6) is 0 Å². The summed E-state index contributed by atoms with van der Waals surface area (Å²) in [6.07, 6.45) is 3.44. The maximum atomic E-state index is 10.0. The van der Waals surface area contributed by atoms with Gasteiger partial charge < -0.3 is 5.11 Å². The molecule has 1 saturated carbocycles. The van der Waals surface area contributed by atoms with Crippen molar-refractivity contribution in [1.82, 2.24) is 0 Å². The Morgan fingerprint density at radius 2 is 2.29 bits per heavy atom. The van der Waals surface area contributed by atoms with Crippen LogP contribution in [0, 0.1) is 17.3 Å². The number of rotatable bonds is 3. The van der Waals surface area contributed by atoms with Crippen molar-refractivity contribution in [1.29, 1.82) is 0 Å².